The Bertz CT molecular complexity index is 744. The largest absolute Gasteiger partial charge is 0.491 e. The molecule has 4 nitrogen and oxygen atoms in total. The smallest absolute Gasteiger partial charge is 0.205 e. The zero-order valence-electron chi connectivity index (χ0n) is 12.4. The van der Waals surface area contributed by atoms with Gasteiger partial charge in [0.2, 0.25) is 9.84 Å². The number of halogens is 1. The highest BCUT2D eigenvalue weighted by Gasteiger charge is 2.36. The second-order valence-electron chi connectivity index (χ2n) is 5.39. The molecule has 1 aliphatic rings. The Morgan fingerprint density at radius 2 is 1.74 bits per heavy atom. The molecule has 2 aromatic rings. The summed E-state index contributed by atoms with van der Waals surface area (Å²) in [7, 11) is -3.49. The molecule has 1 saturated heterocycles. The summed E-state index contributed by atoms with van der Waals surface area (Å²) in [4.78, 5) is 0.269. The molecule has 0 spiro atoms. The quantitative estimate of drug-likeness (QED) is 0.841. The van der Waals surface area contributed by atoms with Crippen LogP contribution in [0.25, 0.3) is 0 Å². The SMILES string of the molecule is O=S(=O)(c1ccccc1)C1CC[C@@H](COc2ccc(F)cc2)O1. The van der Waals surface area contributed by atoms with Gasteiger partial charge in [0.05, 0.1) is 11.0 Å². The van der Waals surface area contributed by atoms with Crippen LogP contribution in [0.4, 0.5) is 4.39 Å². The van der Waals surface area contributed by atoms with Gasteiger partial charge in [0, 0.05) is 0 Å². The first-order valence-electron chi connectivity index (χ1n) is 7.38. The Balaban J connectivity index is 1.59. The van der Waals surface area contributed by atoms with Crippen molar-refractivity contribution in [3.63, 3.8) is 0 Å². The number of sulfone groups is 1. The Hall–Kier alpha value is -1.92. The summed E-state index contributed by atoms with van der Waals surface area (Å²) in [6.45, 7) is 0.243. The first-order chi connectivity index (χ1) is 11.1. The molecular formula is C17H17FO4S. The minimum absolute atomic E-state index is 0.243. The van der Waals surface area contributed by atoms with Crippen molar-refractivity contribution in [2.24, 2.45) is 0 Å². The number of hydrogen-bond donors (Lipinski definition) is 0. The summed E-state index contributed by atoms with van der Waals surface area (Å²) in [5.74, 6) is 0.202. The van der Waals surface area contributed by atoms with Crippen LogP contribution in [0, 0.1) is 5.82 Å². The maximum Gasteiger partial charge on any atom is 0.205 e. The van der Waals surface area contributed by atoms with Crippen LogP contribution in [0.15, 0.2) is 59.5 Å². The molecule has 6 heteroatoms. The molecule has 2 atom stereocenters. The molecule has 1 unspecified atom stereocenters. The number of rotatable bonds is 5. The van der Waals surface area contributed by atoms with Crippen molar-refractivity contribution < 1.29 is 22.3 Å². The van der Waals surface area contributed by atoms with Crippen molar-refractivity contribution in [3.8, 4) is 5.75 Å². The lowest BCUT2D eigenvalue weighted by Crippen LogP contribution is -2.24. The standard InChI is InChI=1S/C17H17FO4S/c18-13-6-8-14(9-7-13)21-12-15-10-11-17(22-15)23(19,20)16-4-2-1-3-5-16/h1-9,15,17H,10-12H2/t15-,17?/m0/s1. The van der Waals surface area contributed by atoms with Gasteiger partial charge in [-0.05, 0) is 49.2 Å². The molecule has 0 N–H and O–H groups in total. The Kier molecular flexibility index (Phi) is 4.63. The monoisotopic (exact) mass is 336 g/mol. The molecule has 0 aromatic heterocycles. The lowest BCUT2D eigenvalue weighted by molar-refractivity contribution is 0.0504. The van der Waals surface area contributed by atoms with Gasteiger partial charge in [0.1, 0.15) is 18.2 Å². The Labute approximate surface area is 134 Å². The van der Waals surface area contributed by atoms with Gasteiger partial charge >= 0.3 is 0 Å². The van der Waals surface area contributed by atoms with Crippen molar-refractivity contribution in [1.82, 2.24) is 0 Å². The van der Waals surface area contributed by atoms with E-state index in [0.717, 1.165) is 0 Å². The van der Waals surface area contributed by atoms with Gasteiger partial charge in [-0.25, -0.2) is 12.8 Å². The molecule has 0 radical (unpaired) electrons. The summed E-state index contributed by atoms with van der Waals surface area (Å²) in [6, 6.07) is 14.0. The average Bonchev–Trinajstić information content (AvgIpc) is 3.05. The molecule has 122 valence electrons. The molecule has 3 rings (SSSR count). The summed E-state index contributed by atoms with van der Waals surface area (Å²) < 4.78 is 49.0. The highest BCUT2D eigenvalue weighted by molar-refractivity contribution is 7.92. The number of benzene rings is 2. The van der Waals surface area contributed by atoms with E-state index in [1.807, 2.05) is 0 Å². The van der Waals surface area contributed by atoms with Crippen LogP contribution < -0.4 is 4.74 Å². The lowest BCUT2D eigenvalue weighted by atomic mass is 10.2. The predicted octanol–water partition coefficient (Wildman–Crippen LogP) is 3.18. The molecule has 0 aliphatic carbocycles. The molecule has 1 fully saturated rings. The van der Waals surface area contributed by atoms with Gasteiger partial charge in [-0.15, -0.1) is 0 Å². The van der Waals surface area contributed by atoms with Crippen LogP contribution in [0.2, 0.25) is 0 Å². The highest BCUT2D eigenvalue weighted by Crippen LogP contribution is 2.29. The van der Waals surface area contributed by atoms with Gasteiger partial charge in [0.25, 0.3) is 0 Å². The lowest BCUT2D eigenvalue weighted by Gasteiger charge is -2.15. The van der Waals surface area contributed by atoms with Crippen LogP contribution in [-0.4, -0.2) is 26.6 Å². The zero-order chi connectivity index (χ0) is 16.3. The molecule has 23 heavy (non-hydrogen) atoms. The predicted molar refractivity (Wildman–Crippen MR) is 83.4 cm³/mol. The van der Waals surface area contributed by atoms with E-state index in [0.29, 0.717) is 18.6 Å². The molecule has 0 saturated carbocycles. The first kappa shape index (κ1) is 16.0. The van der Waals surface area contributed by atoms with Gasteiger partial charge in [-0.2, -0.15) is 0 Å². The van der Waals surface area contributed by atoms with E-state index in [2.05, 4.69) is 0 Å². The summed E-state index contributed by atoms with van der Waals surface area (Å²) in [5, 5.41) is 0. The summed E-state index contributed by atoms with van der Waals surface area (Å²) in [5.41, 5.74) is -0.841. The zero-order valence-corrected chi connectivity index (χ0v) is 13.2. The molecule has 1 aliphatic heterocycles. The van der Waals surface area contributed by atoms with Crippen molar-refractivity contribution in [1.29, 1.82) is 0 Å². The van der Waals surface area contributed by atoms with E-state index in [-0.39, 0.29) is 23.4 Å². The van der Waals surface area contributed by atoms with E-state index < -0.39 is 15.3 Å². The van der Waals surface area contributed by atoms with E-state index in [9.17, 15) is 12.8 Å². The molecule has 0 bridgehead atoms. The second-order valence-corrected chi connectivity index (χ2v) is 7.48. The van der Waals surface area contributed by atoms with Crippen LogP contribution >= 0.6 is 0 Å². The number of ether oxygens (including phenoxy) is 2. The topological polar surface area (TPSA) is 52.6 Å². The minimum atomic E-state index is -3.49. The van der Waals surface area contributed by atoms with Crippen LogP contribution in [0.5, 0.6) is 5.75 Å². The van der Waals surface area contributed by atoms with Crippen molar-refractivity contribution in [3.05, 3.63) is 60.4 Å². The fourth-order valence-corrected chi connectivity index (χ4v) is 4.10. The van der Waals surface area contributed by atoms with Gasteiger partial charge < -0.3 is 9.47 Å². The molecule has 1 heterocycles. The average molecular weight is 336 g/mol. The Morgan fingerprint density at radius 3 is 2.43 bits per heavy atom. The third kappa shape index (κ3) is 3.71. The fourth-order valence-electron chi connectivity index (χ4n) is 2.51. The van der Waals surface area contributed by atoms with Crippen molar-refractivity contribution >= 4 is 9.84 Å². The first-order valence-corrected chi connectivity index (χ1v) is 8.93. The molecule has 0 amide bonds. The minimum Gasteiger partial charge on any atom is -0.491 e. The normalized spacial score (nSPS) is 21.3. The number of hydrogen-bond acceptors (Lipinski definition) is 4. The fraction of sp³-hybridized carbons (Fsp3) is 0.294. The van der Waals surface area contributed by atoms with Crippen LogP contribution in [-0.2, 0) is 14.6 Å². The van der Waals surface area contributed by atoms with E-state index >= 15 is 0 Å². The van der Waals surface area contributed by atoms with E-state index in [1.54, 1.807) is 30.3 Å². The molecular weight excluding hydrogens is 319 g/mol. The summed E-state index contributed by atoms with van der Waals surface area (Å²) >= 11 is 0. The molecule has 2 aromatic carbocycles. The van der Waals surface area contributed by atoms with Gasteiger partial charge in [-0.3, -0.25) is 0 Å². The van der Waals surface area contributed by atoms with E-state index in [4.69, 9.17) is 9.47 Å². The third-order valence-electron chi connectivity index (χ3n) is 3.74. The maximum atomic E-state index is 12.8. The van der Waals surface area contributed by atoms with Crippen molar-refractivity contribution in [2.75, 3.05) is 6.61 Å². The third-order valence-corrected chi connectivity index (χ3v) is 5.70. The van der Waals surface area contributed by atoms with E-state index in [1.165, 1.54) is 24.3 Å². The van der Waals surface area contributed by atoms with Gasteiger partial charge in [0.15, 0.2) is 5.44 Å². The van der Waals surface area contributed by atoms with Crippen LogP contribution in [0.1, 0.15) is 12.8 Å². The second kappa shape index (κ2) is 6.68. The van der Waals surface area contributed by atoms with Gasteiger partial charge in [-0.1, -0.05) is 18.2 Å². The maximum absolute atomic E-state index is 12.8. The highest BCUT2D eigenvalue weighted by atomic mass is 32.2. The summed E-state index contributed by atoms with van der Waals surface area (Å²) in [6.07, 6.45) is 0.760. The Morgan fingerprint density at radius 1 is 1.04 bits per heavy atom. The van der Waals surface area contributed by atoms with Crippen LogP contribution in [0.3, 0.4) is 0 Å². The van der Waals surface area contributed by atoms with Crippen molar-refractivity contribution in [2.45, 2.75) is 29.3 Å².